The Balaban J connectivity index is 1.50. The highest BCUT2D eigenvalue weighted by molar-refractivity contribution is 5.26. The van der Waals surface area contributed by atoms with Crippen LogP contribution in [0.4, 0.5) is 4.39 Å². The lowest BCUT2D eigenvalue weighted by atomic mass is 10.1. The van der Waals surface area contributed by atoms with Crippen LogP contribution in [0.25, 0.3) is 0 Å². The number of halogens is 1. The number of benzene rings is 1. The molecular weight excluding hydrogens is 255 g/mol. The van der Waals surface area contributed by atoms with E-state index in [-0.39, 0.29) is 11.9 Å². The van der Waals surface area contributed by atoms with Crippen molar-refractivity contribution in [3.63, 3.8) is 0 Å². The van der Waals surface area contributed by atoms with Crippen molar-refractivity contribution in [2.75, 3.05) is 6.54 Å². The molecule has 1 aliphatic rings. The second kappa shape index (κ2) is 5.32. The second-order valence-corrected chi connectivity index (χ2v) is 5.56. The van der Waals surface area contributed by atoms with E-state index < -0.39 is 0 Å². The molecule has 3 atom stereocenters. The lowest BCUT2D eigenvalue weighted by Gasteiger charge is -2.10. The van der Waals surface area contributed by atoms with Crippen LogP contribution in [-0.2, 0) is 7.05 Å². The Morgan fingerprint density at radius 1 is 1.40 bits per heavy atom. The van der Waals surface area contributed by atoms with Gasteiger partial charge in [0.05, 0.1) is 6.04 Å². The molecule has 0 aliphatic heterocycles. The number of nitrogens with zero attached hydrogens (tertiary/aromatic N) is 3. The Hall–Kier alpha value is -1.75. The topological polar surface area (TPSA) is 42.7 Å². The van der Waals surface area contributed by atoms with E-state index in [1.54, 1.807) is 23.1 Å². The van der Waals surface area contributed by atoms with Gasteiger partial charge in [-0.05, 0) is 49.4 Å². The van der Waals surface area contributed by atoms with Crippen molar-refractivity contribution >= 4 is 0 Å². The largest absolute Gasteiger partial charge is 0.307 e. The Morgan fingerprint density at radius 3 is 2.80 bits per heavy atom. The fourth-order valence-electron chi connectivity index (χ4n) is 2.57. The molecule has 1 fully saturated rings. The van der Waals surface area contributed by atoms with Crippen LogP contribution in [0.15, 0.2) is 30.6 Å². The highest BCUT2D eigenvalue weighted by Crippen LogP contribution is 2.47. The number of nitrogens with one attached hydrogen (secondary N) is 1. The van der Waals surface area contributed by atoms with Crippen molar-refractivity contribution in [3.8, 4) is 0 Å². The van der Waals surface area contributed by atoms with Crippen molar-refractivity contribution in [3.05, 3.63) is 47.8 Å². The van der Waals surface area contributed by atoms with Crippen LogP contribution in [0, 0.1) is 11.7 Å². The molecule has 20 heavy (non-hydrogen) atoms. The first kappa shape index (κ1) is 13.2. The summed E-state index contributed by atoms with van der Waals surface area (Å²) in [7, 11) is 1.87. The van der Waals surface area contributed by atoms with Crippen LogP contribution in [-0.4, -0.2) is 21.3 Å². The average molecular weight is 274 g/mol. The monoisotopic (exact) mass is 274 g/mol. The van der Waals surface area contributed by atoms with Gasteiger partial charge in [-0.1, -0.05) is 12.1 Å². The summed E-state index contributed by atoms with van der Waals surface area (Å²) < 4.78 is 14.6. The Kier molecular flexibility index (Phi) is 3.53. The van der Waals surface area contributed by atoms with Gasteiger partial charge in [-0.15, -0.1) is 0 Å². The predicted octanol–water partition coefficient (Wildman–Crippen LogP) is 2.41. The maximum Gasteiger partial charge on any atom is 0.167 e. The van der Waals surface area contributed by atoms with E-state index in [1.165, 1.54) is 12.0 Å². The number of hydrogen-bond acceptors (Lipinski definition) is 3. The number of rotatable bonds is 5. The molecule has 0 unspecified atom stereocenters. The Labute approximate surface area is 118 Å². The molecule has 1 aromatic heterocycles. The standard InChI is InChI=1S/C15H19FN4/c1-10(15-18-9-20(2)19-15)17-8-12-7-14(12)11-3-5-13(16)6-4-11/h3-6,9-10,12,14,17H,7-8H2,1-2H3/t10-,12+,14-/m0/s1. The number of aromatic nitrogens is 3. The van der Waals surface area contributed by atoms with Crippen LogP contribution in [0.5, 0.6) is 0 Å². The lowest BCUT2D eigenvalue weighted by Crippen LogP contribution is -2.22. The van der Waals surface area contributed by atoms with Gasteiger partial charge in [-0.2, -0.15) is 5.10 Å². The quantitative estimate of drug-likeness (QED) is 0.910. The highest BCUT2D eigenvalue weighted by Gasteiger charge is 2.38. The van der Waals surface area contributed by atoms with Crippen LogP contribution in [0.1, 0.15) is 36.7 Å². The first-order valence-corrected chi connectivity index (χ1v) is 6.98. The summed E-state index contributed by atoms with van der Waals surface area (Å²) in [6.07, 6.45) is 2.88. The number of hydrogen-bond donors (Lipinski definition) is 1. The van der Waals surface area contributed by atoms with Crippen molar-refractivity contribution in [2.24, 2.45) is 13.0 Å². The van der Waals surface area contributed by atoms with Crippen molar-refractivity contribution < 1.29 is 4.39 Å². The molecule has 5 heteroatoms. The summed E-state index contributed by atoms with van der Waals surface area (Å²) in [6.45, 7) is 3.02. The first-order chi connectivity index (χ1) is 9.63. The van der Waals surface area contributed by atoms with Crippen molar-refractivity contribution in [1.29, 1.82) is 0 Å². The molecule has 0 spiro atoms. The SMILES string of the molecule is C[C@H](NC[C@H]1C[C@H]1c1ccc(F)cc1)c1ncn(C)n1. The van der Waals surface area contributed by atoms with E-state index >= 15 is 0 Å². The van der Waals surface area contributed by atoms with Crippen LogP contribution in [0.2, 0.25) is 0 Å². The lowest BCUT2D eigenvalue weighted by molar-refractivity contribution is 0.518. The number of aryl methyl sites for hydroxylation is 1. The molecule has 0 bridgehead atoms. The van der Waals surface area contributed by atoms with E-state index in [2.05, 4.69) is 22.3 Å². The van der Waals surface area contributed by atoms with Crippen LogP contribution < -0.4 is 5.32 Å². The van der Waals surface area contributed by atoms with Gasteiger partial charge >= 0.3 is 0 Å². The maximum absolute atomic E-state index is 12.9. The molecule has 1 heterocycles. The van der Waals surface area contributed by atoms with E-state index in [0.717, 1.165) is 12.4 Å². The first-order valence-electron chi connectivity index (χ1n) is 6.98. The van der Waals surface area contributed by atoms with Crippen LogP contribution >= 0.6 is 0 Å². The highest BCUT2D eigenvalue weighted by atomic mass is 19.1. The third-order valence-corrected chi connectivity index (χ3v) is 3.91. The summed E-state index contributed by atoms with van der Waals surface area (Å²) in [6, 6.07) is 7.02. The smallest absolute Gasteiger partial charge is 0.167 e. The average Bonchev–Trinajstić information content (AvgIpc) is 3.09. The summed E-state index contributed by atoms with van der Waals surface area (Å²) in [5.74, 6) is 1.85. The van der Waals surface area contributed by atoms with Gasteiger partial charge in [0.1, 0.15) is 12.1 Å². The maximum atomic E-state index is 12.9. The van der Waals surface area contributed by atoms with Gasteiger partial charge < -0.3 is 5.32 Å². The summed E-state index contributed by atoms with van der Waals surface area (Å²) in [4.78, 5) is 4.25. The van der Waals surface area contributed by atoms with Gasteiger partial charge in [0.25, 0.3) is 0 Å². The molecule has 0 radical (unpaired) electrons. The zero-order valence-corrected chi connectivity index (χ0v) is 11.8. The van der Waals surface area contributed by atoms with Gasteiger partial charge in [0, 0.05) is 7.05 Å². The molecule has 1 aromatic carbocycles. The molecule has 1 aliphatic carbocycles. The fraction of sp³-hybridized carbons (Fsp3) is 0.467. The minimum absolute atomic E-state index is 0.158. The van der Waals surface area contributed by atoms with Gasteiger partial charge in [0.2, 0.25) is 0 Å². The summed E-state index contributed by atoms with van der Waals surface area (Å²) >= 11 is 0. The van der Waals surface area contributed by atoms with E-state index in [0.29, 0.717) is 11.8 Å². The van der Waals surface area contributed by atoms with Gasteiger partial charge in [-0.3, -0.25) is 4.68 Å². The third-order valence-electron chi connectivity index (χ3n) is 3.91. The van der Waals surface area contributed by atoms with Gasteiger partial charge in [-0.25, -0.2) is 9.37 Å². The third kappa shape index (κ3) is 2.88. The zero-order valence-electron chi connectivity index (χ0n) is 11.8. The predicted molar refractivity (Wildman–Crippen MR) is 74.7 cm³/mol. The minimum Gasteiger partial charge on any atom is -0.307 e. The molecular formula is C15H19FN4. The summed E-state index contributed by atoms with van der Waals surface area (Å²) in [5.41, 5.74) is 1.24. The van der Waals surface area contributed by atoms with E-state index in [9.17, 15) is 4.39 Å². The molecule has 1 saturated carbocycles. The molecule has 4 nitrogen and oxygen atoms in total. The minimum atomic E-state index is -0.168. The zero-order chi connectivity index (χ0) is 14.1. The van der Waals surface area contributed by atoms with Gasteiger partial charge in [0.15, 0.2) is 5.82 Å². The van der Waals surface area contributed by atoms with Crippen LogP contribution in [0.3, 0.4) is 0 Å². The molecule has 0 saturated heterocycles. The molecule has 3 rings (SSSR count). The molecule has 2 aromatic rings. The molecule has 0 amide bonds. The molecule has 1 N–H and O–H groups in total. The molecule has 106 valence electrons. The fourth-order valence-corrected chi connectivity index (χ4v) is 2.57. The van der Waals surface area contributed by atoms with E-state index in [1.807, 2.05) is 19.2 Å². The van der Waals surface area contributed by atoms with Crippen molar-refractivity contribution in [2.45, 2.75) is 25.3 Å². The van der Waals surface area contributed by atoms with E-state index in [4.69, 9.17) is 0 Å². The summed E-state index contributed by atoms with van der Waals surface area (Å²) in [5, 5.41) is 7.77. The Morgan fingerprint density at radius 2 is 2.15 bits per heavy atom. The normalized spacial score (nSPS) is 22.8. The van der Waals surface area contributed by atoms with Crippen molar-refractivity contribution in [1.82, 2.24) is 20.1 Å². The second-order valence-electron chi connectivity index (χ2n) is 5.56. The Bertz CT molecular complexity index is 578.